The van der Waals surface area contributed by atoms with Crippen LogP contribution in [0.1, 0.15) is 35.2 Å². The minimum Gasteiger partial charge on any atom is -0.472 e. The molecule has 0 unspecified atom stereocenters. The number of benzene rings is 1. The first-order chi connectivity index (χ1) is 13.3. The highest BCUT2D eigenvalue weighted by Gasteiger charge is 2.23. The van der Waals surface area contributed by atoms with Crippen LogP contribution in [-0.4, -0.2) is 28.9 Å². The summed E-state index contributed by atoms with van der Waals surface area (Å²) in [4.78, 5) is 19.1. The molecule has 0 atom stereocenters. The Kier molecular flexibility index (Phi) is 5.33. The monoisotopic (exact) mass is 360 g/mol. The Bertz CT molecular complexity index is 849. The summed E-state index contributed by atoms with van der Waals surface area (Å²) in [6.45, 7) is 1.67. The molecule has 2 aromatic heterocycles. The zero-order chi connectivity index (χ0) is 18.5. The zero-order valence-electron chi connectivity index (χ0n) is 15.4. The van der Waals surface area contributed by atoms with Crippen molar-refractivity contribution in [1.29, 1.82) is 0 Å². The van der Waals surface area contributed by atoms with Crippen LogP contribution in [0.5, 0.6) is 0 Å². The Morgan fingerprint density at radius 1 is 1.07 bits per heavy atom. The number of amides is 1. The fourth-order valence-corrected chi connectivity index (χ4v) is 3.72. The van der Waals surface area contributed by atoms with Crippen LogP contribution in [0.15, 0.2) is 71.7 Å². The molecule has 1 amide bonds. The largest absolute Gasteiger partial charge is 0.472 e. The first-order valence-electron chi connectivity index (χ1n) is 9.61. The van der Waals surface area contributed by atoms with E-state index in [1.807, 2.05) is 23.1 Å². The fraction of sp³-hybridized carbons (Fsp3) is 0.304. The van der Waals surface area contributed by atoms with Gasteiger partial charge in [0.25, 0.3) is 5.91 Å². The first kappa shape index (κ1) is 17.5. The highest BCUT2D eigenvalue weighted by molar-refractivity contribution is 5.94. The van der Waals surface area contributed by atoms with Gasteiger partial charge in [-0.15, -0.1) is 0 Å². The molecule has 3 heterocycles. The van der Waals surface area contributed by atoms with Crippen molar-refractivity contribution in [3.8, 4) is 11.3 Å². The lowest BCUT2D eigenvalue weighted by Crippen LogP contribution is -2.38. The molecule has 1 aliphatic rings. The van der Waals surface area contributed by atoms with E-state index in [1.165, 1.54) is 12.0 Å². The minimum atomic E-state index is 0.0859. The Balaban J connectivity index is 1.29. The lowest BCUT2D eigenvalue weighted by Gasteiger charge is -2.32. The second-order valence-corrected chi connectivity index (χ2v) is 7.20. The number of nitrogens with zero attached hydrogens (tertiary/aromatic N) is 2. The number of hydrogen-bond acceptors (Lipinski definition) is 3. The molecule has 1 saturated heterocycles. The summed E-state index contributed by atoms with van der Waals surface area (Å²) in [5.74, 6) is 0.790. The van der Waals surface area contributed by atoms with Crippen molar-refractivity contribution in [2.75, 3.05) is 13.1 Å². The number of pyridine rings is 1. The molecule has 3 aromatic rings. The second kappa shape index (κ2) is 8.21. The lowest BCUT2D eigenvalue weighted by molar-refractivity contribution is 0.0686. The van der Waals surface area contributed by atoms with Crippen LogP contribution in [0.25, 0.3) is 11.3 Å². The molecule has 1 fully saturated rings. The summed E-state index contributed by atoms with van der Waals surface area (Å²) in [7, 11) is 0. The van der Waals surface area contributed by atoms with Gasteiger partial charge in [0.15, 0.2) is 0 Å². The van der Waals surface area contributed by atoms with Gasteiger partial charge in [0, 0.05) is 24.8 Å². The lowest BCUT2D eigenvalue weighted by atomic mass is 9.90. The molecule has 0 spiro atoms. The quantitative estimate of drug-likeness (QED) is 0.655. The molecule has 0 aliphatic carbocycles. The predicted octanol–water partition coefficient (Wildman–Crippen LogP) is 4.83. The van der Waals surface area contributed by atoms with E-state index in [1.54, 1.807) is 18.7 Å². The molecule has 0 bridgehead atoms. The number of furan rings is 1. The van der Waals surface area contributed by atoms with E-state index in [-0.39, 0.29) is 5.91 Å². The van der Waals surface area contributed by atoms with Crippen LogP contribution in [0.4, 0.5) is 0 Å². The van der Waals surface area contributed by atoms with Crippen molar-refractivity contribution in [2.45, 2.75) is 25.7 Å². The SMILES string of the molecule is O=C(c1ccc(-c2ccoc2)nc1)N1CCC(CCc2ccccc2)CC1. The maximum atomic E-state index is 12.8. The van der Waals surface area contributed by atoms with E-state index >= 15 is 0 Å². The van der Waals surface area contributed by atoms with E-state index < -0.39 is 0 Å². The Morgan fingerprint density at radius 2 is 1.89 bits per heavy atom. The van der Waals surface area contributed by atoms with Crippen molar-refractivity contribution >= 4 is 5.91 Å². The molecule has 0 radical (unpaired) electrons. The van der Waals surface area contributed by atoms with Crippen LogP contribution in [0.2, 0.25) is 0 Å². The van der Waals surface area contributed by atoms with Crippen molar-refractivity contribution in [3.05, 3.63) is 78.4 Å². The Labute approximate surface area is 159 Å². The van der Waals surface area contributed by atoms with Crippen LogP contribution >= 0.6 is 0 Å². The summed E-state index contributed by atoms with van der Waals surface area (Å²) in [6, 6.07) is 16.3. The Hall–Kier alpha value is -2.88. The highest BCUT2D eigenvalue weighted by atomic mass is 16.3. The third kappa shape index (κ3) is 4.27. The number of carbonyl (C=O) groups is 1. The van der Waals surface area contributed by atoms with Crippen LogP contribution in [-0.2, 0) is 6.42 Å². The van der Waals surface area contributed by atoms with Gasteiger partial charge in [0.2, 0.25) is 0 Å². The highest BCUT2D eigenvalue weighted by Crippen LogP contribution is 2.24. The maximum absolute atomic E-state index is 12.8. The van der Waals surface area contributed by atoms with E-state index in [2.05, 4.69) is 35.3 Å². The molecular formula is C23H24N2O2. The number of aromatic nitrogens is 1. The number of aryl methyl sites for hydroxylation is 1. The molecule has 1 aliphatic heterocycles. The smallest absolute Gasteiger partial charge is 0.255 e. The molecule has 0 N–H and O–H groups in total. The molecular weight excluding hydrogens is 336 g/mol. The molecule has 138 valence electrons. The van der Waals surface area contributed by atoms with Gasteiger partial charge in [-0.3, -0.25) is 9.78 Å². The van der Waals surface area contributed by atoms with Gasteiger partial charge in [0.05, 0.1) is 23.8 Å². The molecule has 4 nitrogen and oxygen atoms in total. The van der Waals surface area contributed by atoms with Gasteiger partial charge in [-0.25, -0.2) is 0 Å². The van der Waals surface area contributed by atoms with Gasteiger partial charge in [-0.05, 0) is 55.4 Å². The third-order valence-electron chi connectivity index (χ3n) is 5.41. The minimum absolute atomic E-state index is 0.0859. The number of rotatable bonds is 5. The van der Waals surface area contributed by atoms with Gasteiger partial charge in [-0.2, -0.15) is 0 Å². The zero-order valence-corrected chi connectivity index (χ0v) is 15.4. The molecule has 0 saturated carbocycles. The van der Waals surface area contributed by atoms with E-state index in [0.717, 1.165) is 43.6 Å². The topological polar surface area (TPSA) is 46.3 Å². The van der Waals surface area contributed by atoms with Gasteiger partial charge < -0.3 is 9.32 Å². The van der Waals surface area contributed by atoms with E-state index in [9.17, 15) is 4.79 Å². The average molecular weight is 360 g/mol. The van der Waals surface area contributed by atoms with Crippen LogP contribution in [0.3, 0.4) is 0 Å². The summed E-state index contributed by atoms with van der Waals surface area (Å²) in [6.07, 6.45) is 9.44. The van der Waals surface area contributed by atoms with Crippen molar-refractivity contribution in [1.82, 2.24) is 9.88 Å². The van der Waals surface area contributed by atoms with Crippen LogP contribution in [0, 0.1) is 5.92 Å². The molecule has 4 heteroatoms. The summed E-state index contributed by atoms with van der Waals surface area (Å²) < 4.78 is 5.08. The van der Waals surface area contributed by atoms with Crippen molar-refractivity contribution in [3.63, 3.8) is 0 Å². The number of hydrogen-bond donors (Lipinski definition) is 0. The van der Waals surface area contributed by atoms with Crippen molar-refractivity contribution in [2.24, 2.45) is 5.92 Å². The second-order valence-electron chi connectivity index (χ2n) is 7.20. The summed E-state index contributed by atoms with van der Waals surface area (Å²) in [5, 5.41) is 0. The number of likely N-dealkylation sites (tertiary alicyclic amines) is 1. The number of piperidine rings is 1. The van der Waals surface area contributed by atoms with E-state index in [4.69, 9.17) is 4.42 Å². The predicted molar refractivity (Wildman–Crippen MR) is 105 cm³/mol. The van der Waals surface area contributed by atoms with Crippen LogP contribution < -0.4 is 0 Å². The molecule has 4 rings (SSSR count). The van der Waals surface area contributed by atoms with Gasteiger partial charge in [0.1, 0.15) is 0 Å². The van der Waals surface area contributed by atoms with Gasteiger partial charge >= 0.3 is 0 Å². The normalized spacial score (nSPS) is 15.0. The fourth-order valence-electron chi connectivity index (χ4n) is 3.72. The average Bonchev–Trinajstić information content (AvgIpc) is 3.28. The van der Waals surface area contributed by atoms with Crippen molar-refractivity contribution < 1.29 is 9.21 Å². The van der Waals surface area contributed by atoms with E-state index in [0.29, 0.717) is 11.5 Å². The maximum Gasteiger partial charge on any atom is 0.255 e. The molecule has 1 aromatic carbocycles. The third-order valence-corrected chi connectivity index (χ3v) is 5.41. The Morgan fingerprint density at radius 3 is 2.56 bits per heavy atom. The summed E-state index contributed by atoms with van der Waals surface area (Å²) >= 11 is 0. The summed E-state index contributed by atoms with van der Waals surface area (Å²) in [5.41, 5.74) is 3.80. The standard InChI is InChI=1S/C23H24N2O2/c26-23(20-8-9-22(24-16-20)21-12-15-27-17-21)25-13-10-19(11-14-25)7-6-18-4-2-1-3-5-18/h1-5,8-9,12,15-17,19H,6-7,10-11,13-14H2. The number of carbonyl (C=O) groups excluding carboxylic acids is 1. The first-order valence-corrected chi connectivity index (χ1v) is 9.61. The van der Waals surface area contributed by atoms with Gasteiger partial charge in [-0.1, -0.05) is 30.3 Å². The molecule has 27 heavy (non-hydrogen) atoms.